The van der Waals surface area contributed by atoms with Gasteiger partial charge in [-0.1, -0.05) is 218 Å². The van der Waals surface area contributed by atoms with Gasteiger partial charge in [-0.15, -0.1) is 0 Å². The van der Waals surface area contributed by atoms with Gasteiger partial charge in [0.15, 0.2) is 0 Å². The third-order valence-electron chi connectivity index (χ3n) is 8.74. The van der Waals surface area contributed by atoms with Crippen LogP contribution in [0.15, 0.2) is 194 Å². The summed E-state index contributed by atoms with van der Waals surface area (Å²) in [5.74, 6) is 0. The van der Waals surface area contributed by atoms with Crippen LogP contribution in [0.3, 0.4) is 0 Å². The highest BCUT2D eigenvalue weighted by Gasteiger charge is 2.06. The van der Waals surface area contributed by atoms with E-state index < -0.39 is 0 Å². The SMILES string of the molecule is C(=C(c1ccccc1)c1ccccc1)c1ccc(/C=C/c2ccccc2/C=C/c2ccc(C=C(c3ccccc3)c3ccccc3)cc2)cc1. The zero-order chi connectivity index (χ0) is 33.8. The Morgan fingerprint density at radius 1 is 0.240 bits per heavy atom. The summed E-state index contributed by atoms with van der Waals surface area (Å²) in [6.45, 7) is 0. The van der Waals surface area contributed by atoms with Crippen molar-refractivity contribution in [1.29, 1.82) is 0 Å². The maximum atomic E-state index is 2.27. The lowest BCUT2D eigenvalue weighted by Gasteiger charge is -2.09. The van der Waals surface area contributed by atoms with E-state index in [0.29, 0.717) is 0 Å². The van der Waals surface area contributed by atoms with Gasteiger partial charge in [-0.25, -0.2) is 0 Å². The van der Waals surface area contributed by atoms with Gasteiger partial charge in [-0.2, -0.15) is 0 Å². The van der Waals surface area contributed by atoms with Crippen LogP contribution in [-0.2, 0) is 0 Å². The van der Waals surface area contributed by atoms with Crippen molar-refractivity contribution in [1.82, 2.24) is 0 Å². The van der Waals surface area contributed by atoms with Crippen LogP contribution in [0.25, 0.3) is 47.6 Å². The summed E-state index contributed by atoms with van der Waals surface area (Å²) < 4.78 is 0. The monoisotopic (exact) mass is 638 g/mol. The molecule has 0 heteroatoms. The maximum absolute atomic E-state index is 2.27. The molecule has 0 saturated carbocycles. The van der Waals surface area contributed by atoms with Gasteiger partial charge in [0, 0.05) is 0 Å². The molecule has 0 spiro atoms. The summed E-state index contributed by atoms with van der Waals surface area (Å²) in [6.07, 6.45) is 13.3. The second-order valence-electron chi connectivity index (χ2n) is 12.2. The Bertz CT molecular complexity index is 1990. The zero-order valence-corrected chi connectivity index (χ0v) is 27.9. The highest BCUT2D eigenvalue weighted by atomic mass is 14.1. The van der Waals surface area contributed by atoms with Crippen molar-refractivity contribution in [2.75, 3.05) is 0 Å². The molecule has 0 fully saturated rings. The lowest BCUT2D eigenvalue weighted by atomic mass is 9.95. The molecular formula is C50H38. The average Bonchev–Trinajstić information content (AvgIpc) is 3.20. The molecule has 50 heavy (non-hydrogen) atoms. The summed E-state index contributed by atoms with van der Waals surface area (Å²) in [5.41, 5.74) is 14.3. The molecule has 0 unspecified atom stereocenters. The van der Waals surface area contributed by atoms with Gasteiger partial charge in [0.2, 0.25) is 0 Å². The molecule has 0 aliphatic carbocycles. The quantitative estimate of drug-likeness (QED) is 0.131. The van der Waals surface area contributed by atoms with Crippen LogP contribution in [0.1, 0.15) is 55.6 Å². The molecule has 0 N–H and O–H groups in total. The normalized spacial score (nSPS) is 11.0. The van der Waals surface area contributed by atoms with E-state index in [4.69, 9.17) is 0 Å². The molecule has 0 nitrogen and oxygen atoms in total. The Balaban J connectivity index is 1.07. The first-order valence-electron chi connectivity index (χ1n) is 17.1. The molecule has 7 aromatic rings. The van der Waals surface area contributed by atoms with Crippen molar-refractivity contribution in [3.05, 3.63) is 250 Å². The summed E-state index contributed by atoms with van der Waals surface area (Å²) in [7, 11) is 0. The predicted molar refractivity (Wildman–Crippen MR) is 217 cm³/mol. The molecular weight excluding hydrogens is 601 g/mol. The topological polar surface area (TPSA) is 0 Å². The fourth-order valence-corrected chi connectivity index (χ4v) is 6.06. The molecule has 0 heterocycles. The van der Waals surface area contributed by atoms with Crippen LogP contribution >= 0.6 is 0 Å². The minimum Gasteiger partial charge on any atom is -0.0622 e. The van der Waals surface area contributed by atoms with Crippen molar-refractivity contribution in [3.63, 3.8) is 0 Å². The smallest absolute Gasteiger partial charge is 0.0105 e. The van der Waals surface area contributed by atoms with Gasteiger partial charge in [-0.3, -0.25) is 0 Å². The first-order chi connectivity index (χ1) is 24.8. The summed E-state index contributed by atoms with van der Waals surface area (Å²) in [4.78, 5) is 0. The standard InChI is InChI=1S/C50H38/c1-5-17-45(18-6-1)49(46-19-7-2-8-20-46)37-41-29-25-39(26-30-41)33-35-43-15-13-14-16-44(43)36-34-40-27-31-42(32-28-40)38-50(47-21-9-3-10-22-47)48-23-11-4-12-24-48/h1-38H/b35-33+,36-34+. The number of hydrogen-bond donors (Lipinski definition) is 0. The zero-order valence-electron chi connectivity index (χ0n) is 27.9. The Hall–Kier alpha value is -6.50. The van der Waals surface area contributed by atoms with E-state index in [0.717, 1.165) is 11.1 Å². The van der Waals surface area contributed by atoms with Crippen molar-refractivity contribution >= 4 is 47.6 Å². The molecule has 0 aliphatic rings. The van der Waals surface area contributed by atoms with Gasteiger partial charge in [0.1, 0.15) is 0 Å². The molecule has 0 atom stereocenters. The van der Waals surface area contributed by atoms with E-state index in [1.807, 2.05) is 0 Å². The molecule has 7 rings (SSSR count). The molecule has 7 aromatic carbocycles. The minimum atomic E-state index is 1.16. The predicted octanol–water partition coefficient (Wildman–Crippen LogP) is 13.2. The van der Waals surface area contributed by atoms with Crippen molar-refractivity contribution in [3.8, 4) is 0 Å². The highest BCUT2D eigenvalue weighted by molar-refractivity contribution is 5.92. The fraction of sp³-hybridized carbons (Fsp3) is 0. The Labute approximate surface area is 296 Å². The first-order valence-corrected chi connectivity index (χ1v) is 17.1. The minimum absolute atomic E-state index is 1.16. The van der Waals surface area contributed by atoms with Crippen LogP contribution in [0.2, 0.25) is 0 Å². The van der Waals surface area contributed by atoms with Gasteiger partial charge >= 0.3 is 0 Å². The molecule has 238 valence electrons. The molecule has 0 radical (unpaired) electrons. The van der Waals surface area contributed by atoms with E-state index in [9.17, 15) is 0 Å². The van der Waals surface area contributed by atoms with E-state index in [1.54, 1.807) is 0 Å². The van der Waals surface area contributed by atoms with E-state index >= 15 is 0 Å². The summed E-state index contributed by atoms with van der Waals surface area (Å²) in [6, 6.07) is 68.4. The van der Waals surface area contributed by atoms with E-state index in [2.05, 4.69) is 231 Å². The second-order valence-corrected chi connectivity index (χ2v) is 12.2. The third kappa shape index (κ3) is 8.31. The number of rotatable bonds is 10. The van der Waals surface area contributed by atoms with Gasteiger partial charge < -0.3 is 0 Å². The Kier molecular flexibility index (Phi) is 10.3. The first kappa shape index (κ1) is 32.1. The number of hydrogen-bond acceptors (Lipinski definition) is 0. The lowest BCUT2D eigenvalue weighted by Crippen LogP contribution is -1.88. The van der Waals surface area contributed by atoms with Crippen LogP contribution in [0, 0.1) is 0 Å². The molecule has 0 bridgehead atoms. The average molecular weight is 639 g/mol. The molecule has 0 amide bonds. The fourth-order valence-electron chi connectivity index (χ4n) is 6.06. The van der Waals surface area contributed by atoms with Crippen molar-refractivity contribution in [2.45, 2.75) is 0 Å². The third-order valence-corrected chi connectivity index (χ3v) is 8.74. The maximum Gasteiger partial charge on any atom is -0.0105 e. The summed E-state index contributed by atoms with van der Waals surface area (Å²) in [5, 5.41) is 0. The summed E-state index contributed by atoms with van der Waals surface area (Å²) >= 11 is 0. The largest absolute Gasteiger partial charge is 0.0622 e. The second kappa shape index (κ2) is 16.1. The van der Waals surface area contributed by atoms with E-state index in [-0.39, 0.29) is 0 Å². The van der Waals surface area contributed by atoms with Gasteiger partial charge in [-0.05, 0) is 78.9 Å². The Morgan fingerprint density at radius 2 is 0.500 bits per heavy atom. The van der Waals surface area contributed by atoms with Crippen molar-refractivity contribution < 1.29 is 0 Å². The highest BCUT2D eigenvalue weighted by Crippen LogP contribution is 2.28. The van der Waals surface area contributed by atoms with Crippen molar-refractivity contribution in [2.24, 2.45) is 0 Å². The molecule has 0 aliphatic heterocycles. The Morgan fingerprint density at radius 3 is 0.800 bits per heavy atom. The molecule has 0 saturated heterocycles. The van der Waals surface area contributed by atoms with Crippen LogP contribution in [-0.4, -0.2) is 0 Å². The van der Waals surface area contributed by atoms with Gasteiger partial charge in [0.25, 0.3) is 0 Å². The van der Waals surface area contributed by atoms with Crippen LogP contribution in [0.5, 0.6) is 0 Å². The van der Waals surface area contributed by atoms with Crippen LogP contribution in [0.4, 0.5) is 0 Å². The van der Waals surface area contributed by atoms with Crippen LogP contribution < -0.4 is 0 Å². The number of benzene rings is 7. The van der Waals surface area contributed by atoms with E-state index in [1.165, 1.54) is 55.7 Å². The molecule has 0 aromatic heterocycles. The van der Waals surface area contributed by atoms with Gasteiger partial charge in [0.05, 0.1) is 0 Å². The lowest BCUT2D eigenvalue weighted by molar-refractivity contribution is 1.55.